The van der Waals surface area contributed by atoms with Gasteiger partial charge >= 0.3 is 0 Å². The Morgan fingerprint density at radius 3 is 2.55 bits per heavy atom. The molecule has 2 heteroatoms. The number of fused-ring (bicyclic) bond motifs is 3. The van der Waals surface area contributed by atoms with Crippen molar-refractivity contribution in [1.29, 1.82) is 0 Å². The predicted octanol–water partition coefficient (Wildman–Crippen LogP) is 4.89. The van der Waals surface area contributed by atoms with Gasteiger partial charge in [-0.1, -0.05) is 55.5 Å². The van der Waals surface area contributed by atoms with Crippen molar-refractivity contribution in [3.8, 4) is 0 Å². The molecule has 2 aliphatic rings. The van der Waals surface area contributed by atoms with Crippen LogP contribution in [0.25, 0.3) is 0 Å². The molecule has 2 heterocycles. The highest BCUT2D eigenvalue weighted by atomic mass is 16.5. The molecule has 3 atom stereocenters. The molecular weight excluding hydrogens is 270 g/mol. The van der Waals surface area contributed by atoms with E-state index in [1.165, 1.54) is 23.2 Å². The quantitative estimate of drug-likeness (QED) is 0.808. The van der Waals surface area contributed by atoms with Gasteiger partial charge in [0.15, 0.2) is 0 Å². The first kappa shape index (κ1) is 13.8. The first-order valence-corrected chi connectivity index (χ1v) is 8.20. The van der Waals surface area contributed by atoms with E-state index in [1.807, 2.05) is 0 Å². The topological polar surface area (TPSA) is 21.3 Å². The van der Waals surface area contributed by atoms with Crippen molar-refractivity contribution in [2.24, 2.45) is 5.41 Å². The van der Waals surface area contributed by atoms with Crippen LogP contribution in [0.4, 0.5) is 5.69 Å². The number of anilines is 1. The van der Waals surface area contributed by atoms with Crippen LogP contribution in [0.5, 0.6) is 0 Å². The molecule has 0 aromatic heterocycles. The van der Waals surface area contributed by atoms with Crippen molar-refractivity contribution in [2.75, 3.05) is 11.9 Å². The molecule has 2 nitrogen and oxygen atoms in total. The summed E-state index contributed by atoms with van der Waals surface area (Å²) in [5.41, 5.74) is 3.65. The third kappa shape index (κ3) is 1.77. The zero-order valence-corrected chi connectivity index (χ0v) is 13.3. The standard InChI is InChI=1S/C20H23NO/c1-19-13-8-14-22-20(19,2)16-11-6-7-12-17(16)21-18(19)15-9-4-3-5-10-15/h3-7,9-12,18,21H,8,13-14H2,1-2H3/t18-,19+,20-/m0/s1. The van der Waals surface area contributed by atoms with Crippen molar-refractivity contribution in [3.05, 3.63) is 65.7 Å². The lowest BCUT2D eigenvalue weighted by Crippen LogP contribution is -2.55. The van der Waals surface area contributed by atoms with Crippen molar-refractivity contribution in [3.63, 3.8) is 0 Å². The molecule has 0 unspecified atom stereocenters. The Bertz CT molecular complexity index is 683. The summed E-state index contributed by atoms with van der Waals surface area (Å²) in [5.74, 6) is 0. The number of ether oxygens (including phenoxy) is 1. The van der Waals surface area contributed by atoms with Crippen LogP contribution >= 0.6 is 0 Å². The molecule has 0 saturated carbocycles. The normalized spacial score (nSPS) is 33.5. The predicted molar refractivity (Wildman–Crippen MR) is 89.9 cm³/mol. The molecule has 0 spiro atoms. The third-order valence-electron chi connectivity index (χ3n) is 5.83. The minimum Gasteiger partial charge on any atom is -0.377 e. The summed E-state index contributed by atoms with van der Waals surface area (Å²) < 4.78 is 6.41. The highest BCUT2D eigenvalue weighted by Gasteiger charge is 2.57. The third-order valence-corrected chi connectivity index (χ3v) is 5.83. The average molecular weight is 293 g/mol. The molecule has 22 heavy (non-hydrogen) atoms. The van der Waals surface area contributed by atoms with Crippen LogP contribution in [0, 0.1) is 5.41 Å². The van der Waals surface area contributed by atoms with Gasteiger partial charge < -0.3 is 10.1 Å². The Kier molecular flexibility index (Phi) is 3.05. The second kappa shape index (κ2) is 4.85. The zero-order valence-electron chi connectivity index (χ0n) is 13.3. The maximum Gasteiger partial charge on any atom is 0.0999 e. The highest BCUT2D eigenvalue weighted by molar-refractivity contribution is 5.60. The van der Waals surface area contributed by atoms with E-state index < -0.39 is 0 Å². The van der Waals surface area contributed by atoms with Crippen molar-refractivity contribution >= 4 is 5.69 Å². The monoisotopic (exact) mass is 293 g/mol. The van der Waals surface area contributed by atoms with Gasteiger partial charge in [-0.2, -0.15) is 0 Å². The Morgan fingerprint density at radius 2 is 1.73 bits per heavy atom. The maximum absolute atomic E-state index is 6.41. The second-order valence-electron chi connectivity index (χ2n) is 6.94. The van der Waals surface area contributed by atoms with Gasteiger partial charge in [0, 0.05) is 23.3 Å². The molecule has 0 aliphatic carbocycles. The average Bonchev–Trinajstić information content (AvgIpc) is 2.56. The maximum atomic E-state index is 6.41. The SMILES string of the molecule is C[C@@]12OCCC[C@]1(C)[C@H](c1ccccc1)Nc1ccccc12. The van der Waals surface area contributed by atoms with Crippen LogP contribution in [-0.2, 0) is 10.3 Å². The van der Waals surface area contributed by atoms with Crippen LogP contribution in [0.3, 0.4) is 0 Å². The molecule has 1 fully saturated rings. The molecule has 1 saturated heterocycles. The number of rotatable bonds is 1. The molecule has 2 aromatic carbocycles. The summed E-state index contributed by atoms with van der Waals surface area (Å²) >= 11 is 0. The molecule has 2 aliphatic heterocycles. The van der Waals surface area contributed by atoms with Crippen LogP contribution in [0.15, 0.2) is 54.6 Å². The van der Waals surface area contributed by atoms with Gasteiger partial charge in [-0.3, -0.25) is 0 Å². The van der Waals surface area contributed by atoms with Gasteiger partial charge in [-0.05, 0) is 31.4 Å². The fourth-order valence-corrected chi connectivity index (χ4v) is 4.36. The van der Waals surface area contributed by atoms with Gasteiger partial charge in [-0.25, -0.2) is 0 Å². The van der Waals surface area contributed by atoms with Gasteiger partial charge in [0.2, 0.25) is 0 Å². The van der Waals surface area contributed by atoms with E-state index in [9.17, 15) is 0 Å². The Morgan fingerprint density at radius 1 is 1.00 bits per heavy atom. The molecular formula is C20H23NO. The lowest BCUT2D eigenvalue weighted by atomic mass is 9.59. The van der Waals surface area contributed by atoms with Crippen LogP contribution < -0.4 is 5.32 Å². The number of nitrogens with one attached hydrogen (secondary N) is 1. The van der Waals surface area contributed by atoms with Crippen molar-refractivity contribution in [2.45, 2.75) is 38.3 Å². The number of hydrogen-bond donors (Lipinski definition) is 1. The molecule has 0 bridgehead atoms. The molecule has 1 N–H and O–H groups in total. The van der Waals surface area contributed by atoms with E-state index in [4.69, 9.17) is 4.74 Å². The molecule has 4 rings (SSSR count). The van der Waals surface area contributed by atoms with Crippen molar-refractivity contribution in [1.82, 2.24) is 0 Å². The van der Waals surface area contributed by atoms with Gasteiger partial charge in [0.25, 0.3) is 0 Å². The Balaban J connectivity index is 1.91. The van der Waals surface area contributed by atoms with E-state index in [0.717, 1.165) is 13.0 Å². The van der Waals surface area contributed by atoms with Crippen LogP contribution in [-0.4, -0.2) is 6.61 Å². The molecule has 0 amide bonds. The van der Waals surface area contributed by atoms with Crippen LogP contribution in [0.2, 0.25) is 0 Å². The van der Waals surface area contributed by atoms with E-state index in [0.29, 0.717) is 0 Å². The molecule has 0 radical (unpaired) electrons. The first-order valence-electron chi connectivity index (χ1n) is 8.20. The van der Waals surface area contributed by atoms with Crippen molar-refractivity contribution < 1.29 is 4.74 Å². The van der Waals surface area contributed by atoms with Gasteiger partial charge in [0.05, 0.1) is 11.6 Å². The summed E-state index contributed by atoms with van der Waals surface area (Å²) in [6.07, 6.45) is 2.30. The zero-order chi connectivity index (χ0) is 15.2. The largest absolute Gasteiger partial charge is 0.377 e. The van der Waals surface area contributed by atoms with E-state index in [1.54, 1.807) is 0 Å². The van der Waals surface area contributed by atoms with E-state index >= 15 is 0 Å². The Hall–Kier alpha value is -1.80. The lowest BCUT2D eigenvalue weighted by Gasteiger charge is -2.57. The van der Waals surface area contributed by atoms with E-state index in [2.05, 4.69) is 73.8 Å². The number of para-hydroxylation sites is 1. The fraction of sp³-hybridized carbons (Fsp3) is 0.400. The first-order chi connectivity index (χ1) is 10.7. The summed E-state index contributed by atoms with van der Waals surface area (Å²) in [7, 11) is 0. The minimum atomic E-state index is -0.242. The van der Waals surface area contributed by atoms with Crippen LogP contribution in [0.1, 0.15) is 43.9 Å². The summed E-state index contributed by atoms with van der Waals surface area (Å²) in [5, 5.41) is 3.80. The minimum absolute atomic E-state index is 0.0426. The lowest BCUT2D eigenvalue weighted by molar-refractivity contribution is -0.171. The summed E-state index contributed by atoms with van der Waals surface area (Å²) in [4.78, 5) is 0. The van der Waals surface area contributed by atoms with Gasteiger partial charge in [0.1, 0.15) is 0 Å². The second-order valence-corrected chi connectivity index (χ2v) is 6.94. The number of benzene rings is 2. The number of hydrogen-bond acceptors (Lipinski definition) is 2. The molecule has 2 aromatic rings. The summed E-state index contributed by atoms with van der Waals surface area (Å²) in [6, 6.07) is 19.7. The van der Waals surface area contributed by atoms with E-state index in [-0.39, 0.29) is 17.1 Å². The molecule has 114 valence electrons. The fourth-order valence-electron chi connectivity index (χ4n) is 4.36. The summed E-state index contributed by atoms with van der Waals surface area (Å²) in [6.45, 7) is 5.51. The Labute approximate surface area is 132 Å². The smallest absolute Gasteiger partial charge is 0.0999 e. The van der Waals surface area contributed by atoms with Gasteiger partial charge in [-0.15, -0.1) is 0 Å². The highest BCUT2D eigenvalue weighted by Crippen LogP contribution is 2.60.